The van der Waals surface area contributed by atoms with Gasteiger partial charge in [0.2, 0.25) is 7.41 Å². The van der Waals surface area contributed by atoms with E-state index in [-0.39, 0.29) is 0 Å². The third kappa shape index (κ3) is 7.93. The summed E-state index contributed by atoms with van der Waals surface area (Å²) in [5, 5.41) is 0. The fourth-order valence-corrected chi connectivity index (χ4v) is 1.01. The second-order valence-corrected chi connectivity index (χ2v) is 3.16. The lowest BCUT2D eigenvalue weighted by Gasteiger charge is -2.13. The zero-order valence-electron chi connectivity index (χ0n) is 8.27. The van der Waals surface area contributed by atoms with Gasteiger partial charge in [-0.05, 0) is 20.0 Å². The molecule has 2 heteroatoms. The summed E-state index contributed by atoms with van der Waals surface area (Å²) in [6, 6.07) is 0. The molecule has 0 N–H and O–H groups in total. The average molecular weight is 154 g/mol. The van der Waals surface area contributed by atoms with Crippen LogP contribution in [0.5, 0.6) is 0 Å². The largest absolute Gasteiger partial charge is 0.349 e. The maximum Gasteiger partial charge on any atom is 0.208 e. The highest BCUT2D eigenvalue weighted by atomic mass is 15.0. The molecule has 0 aliphatic heterocycles. The fourth-order valence-electron chi connectivity index (χ4n) is 1.01. The predicted molar refractivity (Wildman–Crippen MR) is 53.0 cm³/mol. The number of hydrogen-bond acceptors (Lipinski definition) is 1. The van der Waals surface area contributed by atoms with Gasteiger partial charge in [0.1, 0.15) is 0 Å². The molecular weight excluding hydrogens is 133 g/mol. The van der Waals surface area contributed by atoms with Gasteiger partial charge in [0.15, 0.2) is 0 Å². The lowest BCUT2D eigenvalue weighted by Crippen LogP contribution is -2.23. The van der Waals surface area contributed by atoms with Crippen molar-refractivity contribution in [2.24, 2.45) is 0 Å². The second-order valence-electron chi connectivity index (χ2n) is 3.16. The Kier molecular flexibility index (Phi) is 8.14. The van der Waals surface area contributed by atoms with Crippen molar-refractivity contribution in [1.82, 2.24) is 4.81 Å². The Morgan fingerprint density at radius 2 is 1.73 bits per heavy atom. The van der Waals surface area contributed by atoms with Crippen molar-refractivity contribution in [1.29, 1.82) is 0 Å². The zero-order valence-corrected chi connectivity index (χ0v) is 8.27. The number of nitrogens with zero attached hydrogens (tertiary/aromatic N) is 1. The lowest BCUT2D eigenvalue weighted by molar-refractivity contribution is 0.506. The Balaban J connectivity index is 3.02. The van der Waals surface area contributed by atoms with E-state index >= 15 is 0 Å². The molecule has 0 saturated carbocycles. The van der Waals surface area contributed by atoms with Gasteiger partial charge in [-0.3, -0.25) is 0 Å². The van der Waals surface area contributed by atoms with Crippen LogP contribution in [-0.4, -0.2) is 25.8 Å². The summed E-state index contributed by atoms with van der Waals surface area (Å²) in [5.74, 6) is 0. The van der Waals surface area contributed by atoms with Crippen LogP contribution >= 0.6 is 0 Å². The van der Waals surface area contributed by atoms with Crippen LogP contribution in [0.25, 0.3) is 0 Å². The molecule has 1 radical (unpaired) electrons. The molecule has 0 heterocycles. The quantitative estimate of drug-likeness (QED) is 0.402. The first-order valence-corrected chi connectivity index (χ1v) is 4.84. The highest BCUT2D eigenvalue weighted by Gasteiger charge is 1.97. The Bertz CT molecular complexity index is 76.0. The maximum absolute atomic E-state index is 2.32. The molecule has 0 aliphatic rings. The normalized spacial score (nSPS) is 10.5. The molecule has 0 aliphatic carbocycles. The van der Waals surface area contributed by atoms with E-state index < -0.39 is 0 Å². The minimum absolute atomic E-state index is 1.22. The Labute approximate surface area is 72.4 Å². The highest BCUT2D eigenvalue weighted by Crippen LogP contribution is 1.97. The first-order chi connectivity index (χ1) is 5.31. The van der Waals surface area contributed by atoms with Crippen LogP contribution in [0.15, 0.2) is 0 Å². The summed E-state index contributed by atoms with van der Waals surface area (Å²) < 4.78 is 0. The van der Waals surface area contributed by atoms with Gasteiger partial charge in [-0.25, -0.2) is 0 Å². The first kappa shape index (κ1) is 11.0. The summed E-state index contributed by atoms with van der Waals surface area (Å²) in [6.45, 7) is 5.69. The van der Waals surface area contributed by atoms with E-state index in [1.807, 2.05) is 0 Å². The third-order valence-electron chi connectivity index (χ3n) is 1.86. The number of unbranched alkanes of at least 4 members (excludes halogenated alkanes) is 2. The van der Waals surface area contributed by atoms with E-state index in [4.69, 9.17) is 0 Å². The number of hydrogen-bond donors (Lipinski definition) is 0. The molecule has 0 aromatic heterocycles. The molecule has 0 unspecified atom stereocenters. The molecule has 0 atom stereocenters. The van der Waals surface area contributed by atoms with Crippen molar-refractivity contribution in [3.63, 3.8) is 0 Å². The molecule has 0 aromatic carbocycles. The van der Waals surface area contributed by atoms with Crippen molar-refractivity contribution in [2.75, 3.05) is 13.6 Å². The van der Waals surface area contributed by atoms with Crippen molar-refractivity contribution < 1.29 is 0 Å². The van der Waals surface area contributed by atoms with Crippen molar-refractivity contribution in [2.45, 2.75) is 45.9 Å². The molecule has 0 aromatic rings. The molecule has 65 valence electrons. The van der Waals surface area contributed by atoms with Crippen LogP contribution in [-0.2, 0) is 0 Å². The Morgan fingerprint density at radius 3 is 2.27 bits per heavy atom. The van der Waals surface area contributed by atoms with Gasteiger partial charge in [0.05, 0.1) is 0 Å². The Morgan fingerprint density at radius 1 is 1.09 bits per heavy atom. The van der Waals surface area contributed by atoms with Gasteiger partial charge in [0, 0.05) is 0 Å². The minimum atomic E-state index is 1.22. The van der Waals surface area contributed by atoms with Crippen LogP contribution in [0, 0.1) is 0 Å². The molecule has 0 fully saturated rings. The summed E-state index contributed by atoms with van der Waals surface area (Å²) >= 11 is 0. The molecule has 0 bridgehead atoms. The van der Waals surface area contributed by atoms with Crippen molar-refractivity contribution in [3.8, 4) is 0 Å². The lowest BCUT2D eigenvalue weighted by atomic mass is 9.84. The van der Waals surface area contributed by atoms with E-state index in [9.17, 15) is 0 Å². The van der Waals surface area contributed by atoms with Crippen molar-refractivity contribution in [3.05, 3.63) is 0 Å². The van der Waals surface area contributed by atoms with Crippen LogP contribution in [0.4, 0.5) is 0 Å². The predicted octanol–water partition coefficient (Wildman–Crippen LogP) is 2.56. The van der Waals surface area contributed by atoms with Gasteiger partial charge < -0.3 is 4.81 Å². The summed E-state index contributed by atoms with van der Waals surface area (Å²) in [5.41, 5.74) is 0. The maximum atomic E-state index is 2.32. The van der Waals surface area contributed by atoms with Crippen LogP contribution in [0.3, 0.4) is 0 Å². The summed E-state index contributed by atoms with van der Waals surface area (Å²) in [6.07, 6.45) is 6.50. The van der Waals surface area contributed by atoms with Gasteiger partial charge >= 0.3 is 0 Å². The number of rotatable bonds is 7. The molecular formula is C9H21BN. The summed E-state index contributed by atoms with van der Waals surface area (Å²) in [7, 11) is 4.49. The molecule has 0 saturated heterocycles. The van der Waals surface area contributed by atoms with Gasteiger partial charge in [-0.1, -0.05) is 39.4 Å². The van der Waals surface area contributed by atoms with E-state index in [1.54, 1.807) is 0 Å². The minimum Gasteiger partial charge on any atom is -0.349 e. The first-order valence-electron chi connectivity index (χ1n) is 4.84. The van der Waals surface area contributed by atoms with E-state index in [0.29, 0.717) is 0 Å². The molecule has 0 spiro atoms. The standard InChI is InChI=1S/C9H21BN/c1-4-6-8-10-11(3)9-7-5-2/h4-9H2,1-3H3. The van der Waals surface area contributed by atoms with Gasteiger partial charge in [-0.2, -0.15) is 0 Å². The molecule has 0 rings (SSSR count). The van der Waals surface area contributed by atoms with E-state index in [2.05, 4.69) is 33.1 Å². The topological polar surface area (TPSA) is 3.24 Å². The average Bonchev–Trinajstić information content (AvgIpc) is 2.01. The SMILES string of the molecule is CCCC[B]N(C)CCCC. The van der Waals surface area contributed by atoms with Crippen LogP contribution < -0.4 is 0 Å². The Hall–Kier alpha value is 0.0249. The third-order valence-corrected chi connectivity index (χ3v) is 1.86. The van der Waals surface area contributed by atoms with Gasteiger partial charge in [-0.15, -0.1) is 0 Å². The van der Waals surface area contributed by atoms with E-state index in [1.165, 1.54) is 38.5 Å². The fraction of sp³-hybridized carbons (Fsp3) is 1.00. The van der Waals surface area contributed by atoms with Crippen molar-refractivity contribution >= 4 is 7.41 Å². The van der Waals surface area contributed by atoms with Gasteiger partial charge in [0.25, 0.3) is 0 Å². The monoisotopic (exact) mass is 154 g/mol. The van der Waals surface area contributed by atoms with Crippen LogP contribution in [0.2, 0.25) is 6.32 Å². The highest BCUT2D eigenvalue weighted by molar-refractivity contribution is 6.31. The molecule has 11 heavy (non-hydrogen) atoms. The van der Waals surface area contributed by atoms with E-state index in [0.717, 1.165) is 0 Å². The molecule has 1 nitrogen and oxygen atoms in total. The zero-order chi connectivity index (χ0) is 8.53. The second kappa shape index (κ2) is 8.12. The summed E-state index contributed by atoms with van der Waals surface area (Å²) in [4.78, 5) is 2.32. The smallest absolute Gasteiger partial charge is 0.208 e. The van der Waals surface area contributed by atoms with Crippen LogP contribution in [0.1, 0.15) is 39.5 Å². The molecule has 0 amide bonds.